The Bertz CT molecular complexity index is 1320. The van der Waals surface area contributed by atoms with Crippen LogP contribution in [-0.2, 0) is 50.0 Å². The van der Waals surface area contributed by atoms with Crippen LogP contribution in [0.5, 0.6) is 0 Å². The monoisotopic (exact) mass is 641 g/mol. The van der Waals surface area contributed by atoms with E-state index >= 15 is 0 Å². The third kappa shape index (κ3) is 11.5. The van der Waals surface area contributed by atoms with Crippen molar-refractivity contribution in [1.82, 2.24) is 26.6 Å². The molecule has 1 fully saturated rings. The SMILES string of the molecule is CC1OC(=O)CCNC(=O)[C@@H]([C@H](C)O)NC(=O)C1NC(=O)[C@@H](CS(=O)(=O)O)NC(=O)[C@@H](NC(=O)Cc1ccccc1)C(C)C. The van der Waals surface area contributed by atoms with Crippen molar-refractivity contribution in [3.8, 4) is 0 Å². The van der Waals surface area contributed by atoms with E-state index in [4.69, 9.17) is 4.74 Å². The molecule has 1 aliphatic rings. The maximum Gasteiger partial charge on any atom is 0.307 e. The Hall–Kier alpha value is -4.09. The van der Waals surface area contributed by atoms with E-state index in [1.807, 2.05) is 0 Å². The van der Waals surface area contributed by atoms with Crippen molar-refractivity contribution >= 4 is 45.6 Å². The van der Waals surface area contributed by atoms with E-state index in [0.29, 0.717) is 5.56 Å². The van der Waals surface area contributed by atoms with Crippen LogP contribution in [0.1, 0.15) is 39.7 Å². The first-order valence-corrected chi connectivity index (χ1v) is 15.4. The smallest absolute Gasteiger partial charge is 0.307 e. The molecule has 16 nitrogen and oxygen atoms in total. The highest BCUT2D eigenvalue weighted by atomic mass is 32.2. The molecular formula is C27H39N5O11S. The topological polar surface area (TPSA) is 246 Å². The van der Waals surface area contributed by atoms with Gasteiger partial charge in [-0.25, -0.2) is 0 Å². The summed E-state index contributed by atoms with van der Waals surface area (Å²) in [5, 5.41) is 21.6. The minimum atomic E-state index is -4.89. The van der Waals surface area contributed by atoms with Crippen LogP contribution in [0.3, 0.4) is 0 Å². The molecule has 0 aromatic heterocycles. The van der Waals surface area contributed by atoms with Gasteiger partial charge in [-0.3, -0.25) is 33.3 Å². The van der Waals surface area contributed by atoms with Crippen molar-refractivity contribution in [3.63, 3.8) is 0 Å². The number of hydrogen-bond donors (Lipinski definition) is 7. The standard InChI is InChI=1S/C27H39N5O11S/c1-14(2)21(30-19(34)12-17-8-6-5-7-9-17)26(38)29-18(13-44(40,41)42)24(36)32-23-16(4)43-20(35)10-11-28-25(37)22(15(3)33)31-27(23)39/h5-9,14-16,18,21-23,33H,10-13H2,1-4H3,(H,28,37)(H,29,38)(H,30,34)(H,31,39)(H,32,36)(H,40,41,42)/t15-,16?,18+,21-,22+,23?/m0/s1. The van der Waals surface area contributed by atoms with Gasteiger partial charge in [0.05, 0.1) is 18.9 Å². The highest BCUT2D eigenvalue weighted by Crippen LogP contribution is 2.09. The van der Waals surface area contributed by atoms with Gasteiger partial charge in [0, 0.05) is 6.54 Å². The lowest BCUT2D eigenvalue weighted by molar-refractivity contribution is -0.152. The van der Waals surface area contributed by atoms with Crippen LogP contribution in [0.15, 0.2) is 30.3 Å². The molecule has 244 valence electrons. The number of aliphatic hydroxyl groups is 1. The number of aliphatic hydroxyl groups excluding tert-OH is 1. The second-order valence-corrected chi connectivity index (χ2v) is 12.2. The highest BCUT2D eigenvalue weighted by Gasteiger charge is 2.38. The lowest BCUT2D eigenvalue weighted by atomic mass is 10.0. The van der Waals surface area contributed by atoms with Crippen molar-refractivity contribution in [2.24, 2.45) is 5.92 Å². The Morgan fingerprint density at radius 1 is 1.02 bits per heavy atom. The maximum absolute atomic E-state index is 13.3. The van der Waals surface area contributed by atoms with E-state index < -0.39 is 93.7 Å². The Labute approximate surface area is 254 Å². The molecule has 2 unspecified atom stereocenters. The highest BCUT2D eigenvalue weighted by molar-refractivity contribution is 7.85. The summed E-state index contributed by atoms with van der Waals surface area (Å²) in [7, 11) is -4.89. The minimum absolute atomic E-state index is 0.0643. The van der Waals surface area contributed by atoms with Crippen molar-refractivity contribution in [2.75, 3.05) is 12.3 Å². The zero-order valence-electron chi connectivity index (χ0n) is 24.7. The molecule has 1 aromatic carbocycles. The van der Waals surface area contributed by atoms with Crippen molar-refractivity contribution < 1.29 is 51.6 Å². The molecule has 17 heteroatoms. The Morgan fingerprint density at radius 3 is 2.23 bits per heavy atom. The molecule has 0 bridgehead atoms. The number of cyclic esters (lactones) is 1. The molecule has 44 heavy (non-hydrogen) atoms. The summed E-state index contributed by atoms with van der Waals surface area (Å²) >= 11 is 0. The third-order valence-electron chi connectivity index (χ3n) is 6.54. The third-order valence-corrected chi connectivity index (χ3v) is 7.30. The summed E-state index contributed by atoms with van der Waals surface area (Å²) in [4.78, 5) is 77.0. The number of amides is 5. The van der Waals surface area contributed by atoms with Gasteiger partial charge >= 0.3 is 5.97 Å². The fourth-order valence-electron chi connectivity index (χ4n) is 4.23. The average Bonchev–Trinajstić information content (AvgIpc) is 2.92. The number of carbonyl (C=O) groups excluding carboxylic acids is 6. The summed E-state index contributed by atoms with van der Waals surface area (Å²) in [5.74, 6) is -7.32. The molecule has 0 radical (unpaired) electrons. The molecule has 0 spiro atoms. The number of esters is 1. The lowest BCUT2D eigenvalue weighted by Crippen LogP contribution is -2.63. The van der Waals surface area contributed by atoms with Crippen LogP contribution >= 0.6 is 0 Å². The minimum Gasteiger partial charge on any atom is -0.460 e. The Balaban J connectivity index is 2.30. The first-order chi connectivity index (χ1) is 20.5. The summed E-state index contributed by atoms with van der Waals surface area (Å²) in [5.41, 5.74) is 0.668. The van der Waals surface area contributed by atoms with E-state index in [0.717, 1.165) is 0 Å². The fourth-order valence-corrected chi connectivity index (χ4v) is 4.88. The quantitative estimate of drug-likeness (QED) is 0.0987. The molecule has 6 atom stereocenters. The normalized spacial score (nSPS) is 21.8. The van der Waals surface area contributed by atoms with Gasteiger partial charge in [-0.2, -0.15) is 8.42 Å². The molecule has 0 aliphatic carbocycles. The van der Waals surface area contributed by atoms with Gasteiger partial charge in [-0.1, -0.05) is 44.2 Å². The Morgan fingerprint density at radius 2 is 1.66 bits per heavy atom. The predicted octanol–water partition coefficient (Wildman–Crippen LogP) is -2.46. The van der Waals surface area contributed by atoms with E-state index in [-0.39, 0.29) is 19.4 Å². The van der Waals surface area contributed by atoms with Crippen molar-refractivity contribution in [1.29, 1.82) is 0 Å². The zero-order valence-corrected chi connectivity index (χ0v) is 25.6. The first kappa shape index (κ1) is 36.1. The number of benzene rings is 1. The Kier molecular flexibility index (Phi) is 13.2. The van der Waals surface area contributed by atoms with Gasteiger partial charge in [-0.15, -0.1) is 0 Å². The predicted molar refractivity (Wildman–Crippen MR) is 154 cm³/mol. The van der Waals surface area contributed by atoms with Crippen LogP contribution in [0.25, 0.3) is 0 Å². The van der Waals surface area contributed by atoms with Crippen molar-refractivity contribution in [3.05, 3.63) is 35.9 Å². The second kappa shape index (κ2) is 16.1. The van der Waals surface area contributed by atoms with Gasteiger partial charge in [0.1, 0.15) is 36.0 Å². The maximum atomic E-state index is 13.3. The average molecular weight is 642 g/mol. The number of ether oxygens (including phenoxy) is 1. The van der Waals surface area contributed by atoms with Gasteiger partial charge in [-0.05, 0) is 25.3 Å². The van der Waals surface area contributed by atoms with E-state index in [1.165, 1.54) is 13.8 Å². The summed E-state index contributed by atoms with van der Waals surface area (Å²) in [6.07, 6.45) is -3.12. The summed E-state index contributed by atoms with van der Waals surface area (Å²) in [6.45, 7) is 5.51. The number of nitrogens with one attached hydrogen (secondary N) is 5. The van der Waals surface area contributed by atoms with Crippen LogP contribution in [-0.4, -0.2) is 102 Å². The molecule has 1 heterocycles. The van der Waals surface area contributed by atoms with Gasteiger partial charge in [0.2, 0.25) is 29.5 Å². The molecule has 0 saturated carbocycles. The zero-order chi connectivity index (χ0) is 33.2. The number of carbonyl (C=O) groups is 6. The molecular weight excluding hydrogens is 602 g/mol. The molecule has 5 amide bonds. The summed E-state index contributed by atoms with van der Waals surface area (Å²) < 4.78 is 38.3. The molecule has 7 N–H and O–H groups in total. The van der Waals surface area contributed by atoms with Gasteiger partial charge in [0.15, 0.2) is 0 Å². The lowest BCUT2D eigenvalue weighted by Gasteiger charge is -2.29. The number of hydrogen-bond acceptors (Lipinski definition) is 10. The van der Waals surface area contributed by atoms with Gasteiger partial charge in [0.25, 0.3) is 10.1 Å². The van der Waals surface area contributed by atoms with Crippen LogP contribution in [0, 0.1) is 5.92 Å². The fraction of sp³-hybridized carbons (Fsp3) is 0.556. The molecule has 1 aliphatic heterocycles. The van der Waals surface area contributed by atoms with Gasteiger partial charge < -0.3 is 36.4 Å². The van der Waals surface area contributed by atoms with Crippen molar-refractivity contribution in [2.45, 2.75) is 76.9 Å². The molecule has 1 aromatic rings. The molecule has 1 saturated heterocycles. The van der Waals surface area contributed by atoms with E-state index in [1.54, 1.807) is 44.2 Å². The summed E-state index contributed by atoms with van der Waals surface area (Å²) in [6, 6.07) is 2.23. The first-order valence-electron chi connectivity index (χ1n) is 13.8. The van der Waals surface area contributed by atoms with Crippen LogP contribution in [0.4, 0.5) is 0 Å². The van der Waals surface area contributed by atoms with E-state index in [2.05, 4.69) is 26.6 Å². The van der Waals surface area contributed by atoms with E-state index in [9.17, 15) is 46.8 Å². The largest absolute Gasteiger partial charge is 0.460 e. The number of rotatable bonds is 11. The molecule has 2 rings (SSSR count). The van der Waals surface area contributed by atoms with Crippen LogP contribution < -0.4 is 26.6 Å². The van der Waals surface area contributed by atoms with Crippen LogP contribution in [0.2, 0.25) is 0 Å². The second-order valence-electron chi connectivity index (χ2n) is 10.7.